The maximum Gasteiger partial charge on any atom is 0.306 e. The summed E-state index contributed by atoms with van der Waals surface area (Å²) in [6.45, 7) is 4.02. The van der Waals surface area contributed by atoms with Crippen LogP contribution in [-0.2, 0) is 19.1 Å². The van der Waals surface area contributed by atoms with Gasteiger partial charge in [0.2, 0.25) is 0 Å². The molecule has 0 aliphatic rings. The maximum absolute atomic E-state index is 12.3. The quantitative estimate of drug-likeness (QED) is 0.0374. The van der Waals surface area contributed by atoms with Gasteiger partial charge in [0.05, 0.1) is 6.61 Å². The largest absolute Gasteiger partial charge is 0.462 e. The monoisotopic (exact) mass is 907 g/mol. The molecule has 0 amide bonds. The highest BCUT2D eigenvalue weighted by molar-refractivity contribution is 5.70. The Labute approximate surface area is 403 Å². The molecule has 0 spiro atoms. The number of unbranched alkanes of at least 4 members (excludes halogenated alkanes) is 31. The van der Waals surface area contributed by atoms with Crippen molar-refractivity contribution in [1.82, 2.24) is 0 Å². The number of hydrogen-bond acceptors (Lipinski definition) is 5. The van der Waals surface area contributed by atoms with E-state index in [-0.39, 0.29) is 25.2 Å². The van der Waals surface area contributed by atoms with Gasteiger partial charge in [0, 0.05) is 12.8 Å². The van der Waals surface area contributed by atoms with E-state index in [4.69, 9.17) is 9.47 Å². The van der Waals surface area contributed by atoms with Gasteiger partial charge < -0.3 is 14.6 Å². The summed E-state index contributed by atoms with van der Waals surface area (Å²) in [6, 6.07) is 0. The summed E-state index contributed by atoms with van der Waals surface area (Å²) < 4.78 is 10.7. The van der Waals surface area contributed by atoms with Gasteiger partial charge in [-0.25, -0.2) is 0 Å². The zero-order chi connectivity index (χ0) is 47.0. The molecule has 0 aromatic heterocycles. The molecule has 0 fully saturated rings. The first kappa shape index (κ1) is 62.3. The lowest BCUT2D eigenvalue weighted by Gasteiger charge is -2.15. The van der Waals surface area contributed by atoms with E-state index in [1.807, 2.05) is 0 Å². The molecule has 0 saturated carbocycles. The summed E-state index contributed by atoms with van der Waals surface area (Å²) in [6.07, 6.45) is 76.0. The Bertz CT molecular complexity index is 1160. The highest BCUT2D eigenvalue weighted by Crippen LogP contribution is 2.17. The molecule has 0 saturated heterocycles. The van der Waals surface area contributed by atoms with Crippen LogP contribution in [0, 0.1) is 0 Å². The number of allylic oxidation sites excluding steroid dienone is 12. The van der Waals surface area contributed by atoms with Gasteiger partial charge in [0.1, 0.15) is 6.61 Å². The fourth-order valence-corrected chi connectivity index (χ4v) is 8.05. The Kier molecular flexibility index (Phi) is 53.4. The molecule has 0 aliphatic heterocycles. The van der Waals surface area contributed by atoms with Crippen LogP contribution in [-0.4, -0.2) is 36.4 Å². The van der Waals surface area contributed by atoms with Crippen molar-refractivity contribution in [1.29, 1.82) is 0 Å². The first-order valence-electron chi connectivity index (χ1n) is 28.0. The third-order valence-corrected chi connectivity index (χ3v) is 12.2. The summed E-state index contributed by atoms with van der Waals surface area (Å²) in [5, 5.41) is 9.63. The van der Waals surface area contributed by atoms with Crippen LogP contribution in [0.15, 0.2) is 72.9 Å². The molecule has 0 aliphatic carbocycles. The van der Waals surface area contributed by atoms with E-state index in [2.05, 4.69) is 86.8 Å². The van der Waals surface area contributed by atoms with Crippen molar-refractivity contribution in [2.75, 3.05) is 13.2 Å². The normalized spacial score (nSPS) is 12.7. The SMILES string of the molecule is CC/C=C\C/C=C\C/C=C\C/C=C\CCCCCCCCCCCCCCCCCCCCCCCCC(=O)OC(CO)COC(=O)CCCCCCC/C=C\C/C=C\CCCCCC. The second-order valence-electron chi connectivity index (χ2n) is 18.6. The predicted molar refractivity (Wildman–Crippen MR) is 283 cm³/mol. The van der Waals surface area contributed by atoms with Crippen LogP contribution in [0.3, 0.4) is 0 Å². The Hall–Kier alpha value is -2.66. The van der Waals surface area contributed by atoms with Gasteiger partial charge in [-0.15, -0.1) is 0 Å². The molecule has 0 rings (SSSR count). The van der Waals surface area contributed by atoms with E-state index >= 15 is 0 Å². The maximum atomic E-state index is 12.3. The number of ether oxygens (including phenoxy) is 2. The van der Waals surface area contributed by atoms with E-state index < -0.39 is 6.10 Å². The number of carbonyl (C=O) groups excluding carboxylic acids is 2. The van der Waals surface area contributed by atoms with E-state index in [1.165, 1.54) is 173 Å². The van der Waals surface area contributed by atoms with Gasteiger partial charge in [-0.05, 0) is 83.5 Å². The average molecular weight is 908 g/mol. The lowest BCUT2D eigenvalue weighted by Crippen LogP contribution is -2.28. The Morgan fingerprint density at radius 3 is 1.00 bits per heavy atom. The summed E-state index contributed by atoms with van der Waals surface area (Å²) in [5.74, 6) is -0.598. The van der Waals surface area contributed by atoms with Crippen molar-refractivity contribution in [3.8, 4) is 0 Å². The van der Waals surface area contributed by atoms with Crippen molar-refractivity contribution < 1.29 is 24.2 Å². The summed E-state index contributed by atoms with van der Waals surface area (Å²) in [4.78, 5) is 24.5. The second-order valence-corrected chi connectivity index (χ2v) is 18.6. The molecule has 5 nitrogen and oxygen atoms in total. The van der Waals surface area contributed by atoms with Crippen molar-refractivity contribution >= 4 is 11.9 Å². The van der Waals surface area contributed by atoms with E-state index in [0.29, 0.717) is 12.8 Å². The number of rotatable bonds is 51. The second kappa shape index (κ2) is 55.7. The molecule has 0 bridgehead atoms. The molecule has 0 aromatic rings. The lowest BCUT2D eigenvalue weighted by molar-refractivity contribution is -0.161. The number of aliphatic hydroxyl groups is 1. The molecule has 65 heavy (non-hydrogen) atoms. The van der Waals surface area contributed by atoms with Crippen LogP contribution in [0.1, 0.15) is 277 Å². The number of hydrogen-bond donors (Lipinski definition) is 1. The van der Waals surface area contributed by atoms with Gasteiger partial charge >= 0.3 is 11.9 Å². The lowest BCUT2D eigenvalue weighted by atomic mass is 10.0. The van der Waals surface area contributed by atoms with Crippen LogP contribution in [0.4, 0.5) is 0 Å². The van der Waals surface area contributed by atoms with Gasteiger partial charge in [-0.3, -0.25) is 9.59 Å². The number of aliphatic hydroxyl groups excluding tert-OH is 1. The highest BCUT2D eigenvalue weighted by atomic mass is 16.6. The van der Waals surface area contributed by atoms with Gasteiger partial charge in [-0.1, -0.05) is 254 Å². The minimum Gasteiger partial charge on any atom is -0.462 e. The standard InChI is InChI=1S/C60H106O5/c1-3-5-7-9-11-13-15-17-19-21-22-23-24-25-26-27-28-29-30-31-32-33-34-35-36-37-38-39-41-43-45-47-49-51-53-55-60(63)65-58(56-61)57-64-59(62)54-52-50-48-46-44-42-40-20-18-16-14-12-10-8-6-4-2/h5,7,11,13-14,16-17,19-20,22-23,40,58,61H,3-4,6,8-10,12,15,18,21,24-39,41-57H2,1-2H3/b7-5-,13-11-,16-14-,19-17-,23-22-,40-20-. The van der Waals surface area contributed by atoms with Crippen LogP contribution in [0.2, 0.25) is 0 Å². The third-order valence-electron chi connectivity index (χ3n) is 12.2. The predicted octanol–water partition coefficient (Wildman–Crippen LogP) is 18.8. The topological polar surface area (TPSA) is 72.8 Å². The summed E-state index contributed by atoms with van der Waals surface area (Å²) in [7, 11) is 0. The molecule has 0 aromatic carbocycles. The van der Waals surface area contributed by atoms with E-state index in [9.17, 15) is 14.7 Å². The van der Waals surface area contributed by atoms with Crippen molar-refractivity contribution in [3.05, 3.63) is 72.9 Å². The third kappa shape index (κ3) is 53.8. The first-order valence-corrected chi connectivity index (χ1v) is 28.0. The Morgan fingerprint density at radius 1 is 0.369 bits per heavy atom. The Balaban J connectivity index is 3.43. The van der Waals surface area contributed by atoms with Crippen molar-refractivity contribution in [2.45, 2.75) is 283 Å². The average Bonchev–Trinajstić information content (AvgIpc) is 3.31. The molecule has 1 N–H and O–H groups in total. The van der Waals surface area contributed by atoms with Crippen LogP contribution in [0.25, 0.3) is 0 Å². The zero-order valence-corrected chi connectivity index (χ0v) is 43.0. The van der Waals surface area contributed by atoms with Crippen LogP contribution >= 0.6 is 0 Å². The van der Waals surface area contributed by atoms with Gasteiger partial charge in [0.15, 0.2) is 6.10 Å². The minimum atomic E-state index is -0.778. The molecule has 5 heteroatoms. The molecule has 376 valence electrons. The fraction of sp³-hybridized carbons (Fsp3) is 0.767. The molecule has 1 unspecified atom stereocenters. The van der Waals surface area contributed by atoms with Crippen molar-refractivity contribution in [2.24, 2.45) is 0 Å². The molecular weight excluding hydrogens is 801 g/mol. The van der Waals surface area contributed by atoms with Gasteiger partial charge in [-0.2, -0.15) is 0 Å². The van der Waals surface area contributed by atoms with E-state index in [0.717, 1.165) is 77.0 Å². The summed E-state index contributed by atoms with van der Waals surface area (Å²) >= 11 is 0. The number of carbonyl (C=O) groups is 2. The minimum absolute atomic E-state index is 0.0719. The number of esters is 2. The summed E-state index contributed by atoms with van der Waals surface area (Å²) in [5.41, 5.74) is 0. The van der Waals surface area contributed by atoms with Crippen molar-refractivity contribution in [3.63, 3.8) is 0 Å². The Morgan fingerprint density at radius 2 is 0.662 bits per heavy atom. The van der Waals surface area contributed by atoms with Crippen LogP contribution in [0.5, 0.6) is 0 Å². The van der Waals surface area contributed by atoms with Crippen LogP contribution < -0.4 is 0 Å². The van der Waals surface area contributed by atoms with Gasteiger partial charge in [0.25, 0.3) is 0 Å². The highest BCUT2D eigenvalue weighted by Gasteiger charge is 2.16. The smallest absolute Gasteiger partial charge is 0.306 e. The zero-order valence-electron chi connectivity index (χ0n) is 43.0. The molecule has 0 radical (unpaired) electrons. The van der Waals surface area contributed by atoms with E-state index in [1.54, 1.807) is 0 Å². The fourth-order valence-electron chi connectivity index (χ4n) is 8.05. The first-order chi connectivity index (χ1) is 32.1. The molecule has 1 atom stereocenters. The molecular formula is C60H106O5. The molecule has 0 heterocycles.